The number of ether oxygens (including phenoxy) is 2. The summed E-state index contributed by atoms with van der Waals surface area (Å²) in [6.45, 7) is 0. The zero-order valence-corrected chi connectivity index (χ0v) is 15.9. The smallest absolute Gasteiger partial charge is 0.277 e. The van der Waals surface area contributed by atoms with E-state index in [9.17, 15) is 9.59 Å². The van der Waals surface area contributed by atoms with Crippen LogP contribution in [0, 0.1) is 0 Å². The Labute approximate surface area is 164 Å². The molecule has 1 aliphatic heterocycles. The van der Waals surface area contributed by atoms with E-state index in [2.05, 4.69) is 0 Å². The predicted octanol–water partition coefficient (Wildman–Crippen LogP) is 4.53. The zero-order valence-electron chi connectivity index (χ0n) is 13.7. The Balaban J connectivity index is 2.05. The van der Waals surface area contributed by atoms with Crippen LogP contribution < -0.4 is 14.4 Å². The van der Waals surface area contributed by atoms with Gasteiger partial charge in [0.25, 0.3) is 11.8 Å². The van der Waals surface area contributed by atoms with Crippen LogP contribution in [0.5, 0.6) is 11.5 Å². The highest BCUT2D eigenvalue weighted by Gasteiger charge is 2.39. The number of halogens is 3. The second-order valence-corrected chi connectivity index (χ2v) is 6.50. The van der Waals surface area contributed by atoms with Gasteiger partial charge in [-0.2, -0.15) is 0 Å². The molecule has 2 amide bonds. The summed E-state index contributed by atoms with van der Waals surface area (Å²) in [5, 5.41) is 0.349. The lowest BCUT2D eigenvalue weighted by Gasteiger charge is -2.16. The number of carbonyl (C=O) groups is 2. The highest BCUT2D eigenvalue weighted by atomic mass is 35.5. The van der Waals surface area contributed by atoms with Crippen molar-refractivity contribution >= 4 is 57.9 Å². The minimum Gasteiger partial charge on any atom is -0.493 e. The minimum absolute atomic E-state index is 0.0729. The molecular weight excluding hydrogens is 401 g/mol. The van der Waals surface area contributed by atoms with E-state index in [1.807, 2.05) is 0 Å². The molecule has 26 heavy (non-hydrogen) atoms. The topological polar surface area (TPSA) is 55.8 Å². The second-order valence-electron chi connectivity index (χ2n) is 5.30. The van der Waals surface area contributed by atoms with Crippen LogP contribution in [0.4, 0.5) is 5.69 Å². The SMILES string of the molecule is COc1ccc(C2=C(Cl)C(=O)N(c3ccc(Cl)c(Cl)c3)C2=O)cc1OC. The molecule has 5 nitrogen and oxygen atoms in total. The number of carbonyl (C=O) groups excluding carboxylic acids is 2. The van der Waals surface area contributed by atoms with E-state index in [1.54, 1.807) is 18.2 Å². The number of benzene rings is 2. The third-order valence-electron chi connectivity index (χ3n) is 3.86. The van der Waals surface area contributed by atoms with Crippen molar-refractivity contribution in [2.45, 2.75) is 0 Å². The number of rotatable bonds is 4. The van der Waals surface area contributed by atoms with Crippen LogP contribution in [0.15, 0.2) is 41.4 Å². The van der Waals surface area contributed by atoms with Gasteiger partial charge in [0.05, 0.1) is 35.5 Å². The Bertz CT molecular complexity index is 955. The van der Waals surface area contributed by atoms with Gasteiger partial charge in [-0.3, -0.25) is 9.59 Å². The molecule has 0 saturated carbocycles. The largest absolute Gasteiger partial charge is 0.493 e. The van der Waals surface area contributed by atoms with Crippen molar-refractivity contribution < 1.29 is 19.1 Å². The van der Waals surface area contributed by atoms with E-state index < -0.39 is 11.8 Å². The lowest BCUT2D eigenvalue weighted by atomic mass is 10.1. The summed E-state index contributed by atoms with van der Waals surface area (Å²) < 4.78 is 10.4. The summed E-state index contributed by atoms with van der Waals surface area (Å²) in [7, 11) is 2.97. The first-order chi connectivity index (χ1) is 12.4. The Morgan fingerprint density at radius 2 is 1.50 bits per heavy atom. The molecule has 0 atom stereocenters. The van der Waals surface area contributed by atoms with Gasteiger partial charge in [0, 0.05) is 0 Å². The number of hydrogen-bond acceptors (Lipinski definition) is 4. The Hall–Kier alpha value is -2.21. The molecule has 0 radical (unpaired) electrons. The standard InChI is InChI=1S/C18H12Cl3NO4/c1-25-13-6-3-9(7-14(13)26-2)15-16(21)18(24)22(17(15)23)10-4-5-11(19)12(20)8-10/h3-8H,1-2H3. The molecule has 2 aromatic carbocycles. The number of amides is 2. The molecule has 8 heteroatoms. The van der Waals surface area contributed by atoms with Gasteiger partial charge in [-0.15, -0.1) is 0 Å². The Kier molecular flexibility index (Phi) is 5.14. The molecule has 0 bridgehead atoms. The fraction of sp³-hybridized carbons (Fsp3) is 0.111. The highest BCUT2D eigenvalue weighted by molar-refractivity contribution is 6.60. The first-order valence-corrected chi connectivity index (χ1v) is 8.48. The third-order valence-corrected chi connectivity index (χ3v) is 4.95. The minimum atomic E-state index is -0.639. The van der Waals surface area contributed by atoms with Crippen molar-refractivity contribution in [1.29, 1.82) is 0 Å². The van der Waals surface area contributed by atoms with Crippen molar-refractivity contribution in [2.75, 3.05) is 19.1 Å². The first-order valence-electron chi connectivity index (χ1n) is 7.35. The molecule has 0 aliphatic carbocycles. The van der Waals surface area contributed by atoms with Crippen LogP contribution in [0.1, 0.15) is 5.56 Å². The molecule has 0 unspecified atom stereocenters. The maximum Gasteiger partial charge on any atom is 0.277 e. The molecule has 134 valence electrons. The normalized spacial score (nSPS) is 14.3. The van der Waals surface area contributed by atoms with Crippen molar-refractivity contribution in [3.63, 3.8) is 0 Å². The summed E-state index contributed by atoms with van der Waals surface area (Å²) in [6.07, 6.45) is 0. The van der Waals surface area contributed by atoms with E-state index in [-0.39, 0.29) is 21.3 Å². The van der Waals surface area contributed by atoms with Crippen LogP contribution in [0.3, 0.4) is 0 Å². The quantitative estimate of drug-likeness (QED) is 0.692. The van der Waals surface area contributed by atoms with Crippen molar-refractivity contribution in [3.8, 4) is 11.5 Å². The number of imide groups is 1. The number of methoxy groups -OCH3 is 2. The summed E-state index contributed by atoms with van der Waals surface area (Å²) in [4.78, 5) is 26.4. The van der Waals surface area contributed by atoms with Crippen LogP contribution in [-0.4, -0.2) is 26.0 Å². The molecule has 3 rings (SSSR count). The fourth-order valence-corrected chi connectivity index (χ4v) is 3.17. The monoisotopic (exact) mass is 411 g/mol. The van der Waals surface area contributed by atoms with Crippen LogP contribution >= 0.6 is 34.8 Å². The van der Waals surface area contributed by atoms with Gasteiger partial charge in [0.2, 0.25) is 0 Å². The lowest BCUT2D eigenvalue weighted by molar-refractivity contribution is -0.119. The van der Waals surface area contributed by atoms with Crippen molar-refractivity contribution in [2.24, 2.45) is 0 Å². The van der Waals surface area contributed by atoms with Crippen LogP contribution in [0.25, 0.3) is 5.57 Å². The summed E-state index contributed by atoms with van der Waals surface area (Å²) >= 11 is 18.1. The fourth-order valence-electron chi connectivity index (χ4n) is 2.60. The van der Waals surface area contributed by atoms with Crippen molar-refractivity contribution in [1.82, 2.24) is 0 Å². The van der Waals surface area contributed by atoms with E-state index in [1.165, 1.54) is 32.4 Å². The van der Waals surface area contributed by atoms with Gasteiger partial charge in [0.15, 0.2) is 11.5 Å². The molecule has 0 spiro atoms. The van der Waals surface area contributed by atoms with Gasteiger partial charge in [-0.1, -0.05) is 40.9 Å². The van der Waals surface area contributed by atoms with Crippen molar-refractivity contribution in [3.05, 3.63) is 57.0 Å². The number of anilines is 1. The lowest BCUT2D eigenvalue weighted by Crippen LogP contribution is -2.31. The Morgan fingerprint density at radius 1 is 0.808 bits per heavy atom. The average Bonchev–Trinajstić information content (AvgIpc) is 2.86. The molecule has 0 saturated heterocycles. The summed E-state index contributed by atoms with van der Waals surface area (Å²) in [6, 6.07) is 9.29. The summed E-state index contributed by atoms with van der Waals surface area (Å²) in [5.74, 6) is -0.299. The molecule has 0 fully saturated rings. The Morgan fingerprint density at radius 3 is 2.12 bits per heavy atom. The third kappa shape index (κ3) is 3.03. The number of hydrogen-bond donors (Lipinski definition) is 0. The van der Waals surface area contributed by atoms with E-state index in [0.29, 0.717) is 22.1 Å². The predicted molar refractivity (Wildman–Crippen MR) is 101 cm³/mol. The van der Waals surface area contributed by atoms with Gasteiger partial charge >= 0.3 is 0 Å². The summed E-state index contributed by atoms with van der Waals surface area (Å²) in [5.41, 5.74) is 0.792. The van der Waals surface area contributed by atoms with Gasteiger partial charge in [-0.05, 0) is 35.9 Å². The number of nitrogens with zero attached hydrogens (tertiary/aromatic N) is 1. The molecule has 2 aromatic rings. The average molecular weight is 413 g/mol. The maximum absolute atomic E-state index is 12.9. The van der Waals surface area contributed by atoms with Crippen LogP contribution in [-0.2, 0) is 9.59 Å². The molecule has 1 heterocycles. The first kappa shape index (κ1) is 18.6. The van der Waals surface area contributed by atoms with E-state index >= 15 is 0 Å². The maximum atomic E-state index is 12.9. The molecule has 0 aromatic heterocycles. The zero-order chi connectivity index (χ0) is 19.0. The molecular formula is C18H12Cl3NO4. The van der Waals surface area contributed by atoms with E-state index in [0.717, 1.165) is 4.90 Å². The van der Waals surface area contributed by atoms with E-state index in [4.69, 9.17) is 44.3 Å². The molecule has 0 N–H and O–H groups in total. The molecule has 1 aliphatic rings. The van der Waals surface area contributed by atoms with Crippen LogP contribution in [0.2, 0.25) is 10.0 Å². The van der Waals surface area contributed by atoms with Gasteiger partial charge in [0.1, 0.15) is 5.03 Å². The highest BCUT2D eigenvalue weighted by Crippen LogP contribution is 2.39. The van der Waals surface area contributed by atoms with Gasteiger partial charge in [-0.25, -0.2) is 4.90 Å². The van der Waals surface area contributed by atoms with Gasteiger partial charge < -0.3 is 9.47 Å². The second kappa shape index (κ2) is 7.19.